The van der Waals surface area contributed by atoms with Crippen molar-refractivity contribution in [3.8, 4) is 0 Å². The Kier molecular flexibility index (Phi) is 2.41. The quantitative estimate of drug-likeness (QED) is 0.646. The summed E-state index contributed by atoms with van der Waals surface area (Å²) in [6.07, 6.45) is 2.94. The Morgan fingerprint density at radius 3 is 3.29 bits per heavy atom. The molecule has 5 nitrogen and oxygen atoms in total. The Morgan fingerprint density at radius 1 is 1.64 bits per heavy atom. The Labute approximate surface area is 80.6 Å². The van der Waals surface area contributed by atoms with Crippen molar-refractivity contribution in [3.63, 3.8) is 0 Å². The van der Waals surface area contributed by atoms with Gasteiger partial charge in [-0.05, 0) is 12.5 Å². The fraction of sp³-hybridized carbons (Fsp3) is 0.444. The Hall–Kier alpha value is -1.49. The van der Waals surface area contributed by atoms with Crippen molar-refractivity contribution in [1.82, 2.24) is 0 Å². The van der Waals surface area contributed by atoms with Crippen molar-refractivity contribution in [1.29, 1.82) is 0 Å². The van der Waals surface area contributed by atoms with Gasteiger partial charge in [-0.2, -0.15) is 0 Å². The molecule has 1 N–H and O–H groups in total. The molecule has 14 heavy (non-hydrogen) atoms. The van der Waals surface area contributed by atoms with Gasteiger partial charge in [-0.3, -0.25) is 0 Å². The van der Waals surface area contributed by atoms with E-state index in [4.69, 9.17) is 14.6 Å². The van der Waals surface area contributed by atoms with Crippen LogP contribution in [0.5, 0.6) is 0 Å². The third-order valence-corrected chi connectivity index (χ3v) is 2.12. The molecule has 5 heteroatoms. The highest BCUT2D eigenvalue weighted by atomic mass is 16.7. The van der Waals surface area contributed by atoms with Gasteiger partial charge in [0.25, 0.3) is 0 Å². The van der Waals surface area contributed by atoms with Crippen LogP contribution >= 0.6 is 0 Å². The van der Waals surface area contributed by atoms with Crippen molar-refractivity contribution in [2.24, 2.45) is 5.92 Å². The molecule has 2 aliphatic rings. The average Bonchev–Trinajstić information content (AvgIpc) is 2.18. The monoisotopic (exact) mass is 198 g/mol. The molecule has 0 aromatic heterocycles. The van der Waals surface area contributed by atoms with Gasteiger partial charge in [-0.25, -0.2) is 4.79 Å². The smallest absolute Gasteiger partial charge is 0.468 e. The number of hydrogen-bond donors (Lipinski definition) is 1. The number of carboxylic acid groups (broad SMARTS) is 1. The van der Waals surface area contributed by atoms with E-state index in [1.807, 2.05) is 6.08 Å². The Morgan fingerprint density at radius 2 is 2.50 bits per heavy atom. The lowest BCUT2D eigenvalue weighted by atomic mass is 9.98. The maximum Gasteiger partial charge on any atom is 0.511 e. The maximum absolute atomic E-state index is 10.4. The van der Waals surface area contributed by atoms with E-state index in [0.29, 0.717) is 12.4 Å². The topological polar surface area (TPSA) is 65.0 Å². The molecule has 0 saturated carbocycles. The van der Waals surface area contributed by atoms with E-state index in [-0.39, 0.29) is 18.5 Å². The summed E-state index contributed by atoms with van der Waals surface area (Å²) in [5.41, 5.74) is 0. The molecule has 1 saturated heterocycles. The Balaban J connectivity index is 2.20. The molecule has 1 aliphatic carbocycles. The van der Waals surface area contributed by atoms with Crippen molar-refractivity contribution in [2.75, 3.05) is 13.4 Å². The molecule has 1 unspecified atom stereocenters. The van der Waals surface area contributed by atoms with Crippen LogP contribution in [0.25, 0.3) is 0 Å². The maximum atomic E-state index is 10.4. The number of carbonyl (C=O) groups is 1. The molecule has 1 heterocycles. The molecule has 0 aromatic carbocycles. The molecular weight excluding hydrogens is 188 g/mol. The van der Waals surface area contributed by atoms with Crippen LogP contribution in [0.4, 0.5) is 4.79 Å². The summed E-state index contributed by atoms with van der Waals surface area (Å²) in [7, 11) is 0. The van der Waals surface area contributed by atoms with Gasteiger partial charge in [-0.1, -0.05) is 6.08 Å². The van der Waals surface area contributed by atoms with Crippen molar-refractivity contribution in [2.45, 2.75) is 6.42 Å². The van der Waals surface area contributed by atoms with Crippen molar-refractivity contribution in [3.05, 3.63) is 23.7 Å². The third kappa shape index (κ3) is 1.72. The zero-order chi connectivity index (χ0) is 9.97. The number of fused-ring (bicyclic) bond motifs is 1. The largest absolute Gasteiger partial charge is 0.511 e. The highest BCUT2D eigenvalue weighted by molar-refractivity contribution is 5.59. The summed E-state index contributed by atoms with van der Waals surface area (Å²) in [5.74, 6) is 0.946. The first-order valence-corrected chi connectivity index (χ1v) is 4.29. The zero-order valence-corrected chi connectivity index (χ0v) is 7.43. The van der Waals surface area contributed by atoms with Crippen LogP contribution in [0.3, 0.4) is 0 Å². The van der Waals surface area contributed by atoms with Gasteiger partial charge in [0.2, 0.25) is 0 Å². The first-order chi connectivity index (χ1) is 6.77. The van der Waals surface area contributed by atoms with Crippen molar-refractivity contribution < 1.29 is 24.1 Å². The number of hydrogen-bond acceptors (Lipinski definition) is 4. The van der Waals surface area contributed by atoms with Crippen molar-refractivity contribution >= 4 is 6.16 Å². The first-order valence-electron chi connectivity index (χ1n) is 4.29. The van der Waals surface area contributed by atoms with E-state index in [1.54, 1.807) is 6.08 Å². The van der Waals surface area contributed by atoms with Crippen LogP contribution in [0.1, 0.15) is 6.42 Å². The molecule has 76 valence electrons. The SMILES string of the molecule is O=C(O)OC1=C2OCOCC2CC=C1. The predicted octanol–water partition coefficient (Wildman–Crippen LogP) is 1.47. The second-order valence-corrected chi connectivity index (χ2v) is 3.06. The molecule has 1 atom stereocenters. The molecule has 2 rings (SSSR count). The fourth-order valence-corrected chi connectivity index (χ4v) is 1.54. The zero-order valence-electron chi connectivity index (χ0n) is 7.43. The molecular formula is C9H10O5. The molecule has 0 radical (unpaired) electrons. The highest BCUT2D eigenvalue weighted by Gasteiger charge is 2.27. The fourth-order valence-electron chi connectivity index (χ4n) is 1.54. The lowest BCUT2D eigenvalue weighted by molar-refractivity contribution is -0.0906. The third-order valence-electron chi connectivity index (χ3n) is 2.12. The first kappa shape index (κ1) is 9.08. The number of rotatable bonds is 1. The standard InChI is InChI=1S/C9H10O5/c10-9(11)14-7-3-1-2-6-4-12-5-13-8(6)7/h1,3,6H,2,4-5H2,(H,10,11). The second-order valence-electron chi connectivity index (χ2n) is 3.06. The Bertz CT molecular complexity index is 304. The van der Waals surface area contributed by atoms with Gasteiger partial charge >= 0.3 is 6.16 Å². The minimum atomic E-state index is -1.33. The summed E-state index contributed by atoms with van der Waals surface area (Å²) in [6, 6.07) is 0. The molecule has 0 amide bonds. The molecule has 1 fully saturated rings. The van der Waals surface area contributed by atoms with E-state index >= 15 is 0 Å². The number of ether oxygens (including phenoxy) is 3. The molecule has 1 aliphatic heterocycles. The average molecular weight is 198 g/mol. The van der Waals surface area contributed by atoms with Gasteiger partial charge in [0.1, 0.15) is 5.76 Å². The van der Waals surface area contributed by atoms with Crippen LogP contribution in [-0.4, -0.2) is 24.7 Å². The van der Waals surface area contributed by atoms with Crippen LogP contribution in [0.15, 0.2) is 23.7 Å². The van der Waals surface area contributed by atoms with E-state index in [9.17, 15) is 4.79 Å². The number of allylic oxidation sites excluding steroid dienone is 2. The second kappa shape index (κ2) is 3.71. The lowest BCUT2D eigenvalue weighted by Crippen LogP contribution is -2.25. The van der Waals surface area contributed by atoms with Crippen LogP contribution < -0.4 is 0 Å². The summed E-state index contributed by atoms with van der Waals surface area (Å²) in [6.45, 7) is 0.707. The van der Waals surface area contributed by atoms with E-state index in [1.165, 1.54) is 0 Å². The van der Waals surface area contributed by atoms with Gasteiger partial charge in [0.15, 0.2) is 12.6 Å². The lowest BCUT2D eigenvalue weighted by Gasteiger charge is -2.28. The summed E-state index contributed by atoms with van der Waals surface area (Å²) < 4.78 is 14.9. The summed E-state index contributed by atoms with van der Waals surface area (Å²) in [4.78, 5) is 10.4. The molecule has 0 spiro atoms. The van der Waals surface area contributed by atoms with E-state index < -0.39 is 6.16 Å². The van der Waals surface area contributed by atoms with E-state index in [0.717, 1.165) is 6.42 Å². The van der Waals surface area contributed by atoms with Crippen LogP contribution in [0.2, 0.25) is 0 Å². The molecule has 0 bridgehead atoms. The van der Waals surface area contributed by atoms with Gasteiger partial charge in [-0.15, -0.1) is 0 Å². The van der Waals surface area contributed by atoms with Gasteiger partial charge in [0, 0.05) is 5.92 Å². The molecule has 0 aromatic rings. The summed E-state index contributed by atoms with van der Waals surface area (Å²) >= 11 is 0. The minimum absolute atomic E-state index is 0.0862. The minimum Gasteiger partial charge on any atom is -0.468 e. The highest BCUT2D eigenvalue weighted by Crippen LogP contribution is 2.30. The van der Waals surface area contributed by atoms with Crippen LogP contribution in [0, 0.1) is 5.92 Å². The van der Waals surface area contributed by atoms with Crippen LogP contribution in [-0.2, 0) is 14.2 Å². The van der Waals surface area contributed by atoms with Gasteiger partial charge in [0.05, 0.1) is 6.61 Å². The predicted molar refractivity (Wildman–Crippen MR) is 45.3 cm³/mol. The van der Waals surface area contributed by atoms with E-state index in [2.05, 4.69) is 4.74 Å². The summed E-state index contributed by atoms with van der Waals surface area (Å²) in [5, 5.41) is 8.48. The van der Waals surface area contributed by atoms with Gasteiger partial charge < -0.3 is 19.3 Å². The normalized spacial score (nSPS) is 25.3.